The summed E-state index contributed by atoms with van der Waals surface area (Å²) in [5.41, 5.74) is 0. The van der Waals surface area contributed by atoms with Gasteiger partial charge in [-0.3, -0.25) is 0 Å². The third-order valence-electron chi connectivity index (χ3n) is 3.41. The van der Waals surface area contributed by atoms with Crippen molar-refractivity contribution in [2.75, 3.05) is 36.9 Å². The molecule has 1 fully saturated rings. The summed E-state index contributed by atoms with van der Waals surface area (Å²) in [6, 6.07) is 4.40. The number of hydrogen-bond acceptors (Lipinski definition) is 5. The zero-order chi connectivity index (χ0) is 14.4. The molecule has 2 heterocycles. The Hall–Kier alpha value is -0.0800. The lowest BCUT2D eigenvalue weighted by atomic mass is 10.2. The fourth-order valence-electron chi connectivity index (χ4n) is 2.25. The highest BCUT2D eigenvalue weighted by Crippen LogP contribution is 2.21. The molecule has 0 radical (unpaired) electrons. The summed E-state index contributed by atoms with van der Waals surface area (Å²) in [5, 5.41) is 5.42. The molecule has 114 valence electrons. The minimum Gasteiger partial charge on any atom is -0.308 e. The first-order valence-corrected chi connectivity index (χ1v) is 10.6. The van der Waals surface area contributed by atoms with Crippen molar-refractivity contribution in [3.63, 3.8) is 0 Å². The molecule has 1 unspecified atom stereocenters. The molecule has 0 amide bonds. The van der Waals surface area contributed by atoms with Gasteiger partial charge in [0.2, 0.25) is 10.0 Å². The monoisotopic (exact) mass is 334 g/mol. The number of nitrogens with one attached hydrogen (secondary N) is 1. The molecule has 0 bridgehead atoms. The molecule has 1 N–H and O–H groups in total. The minimum atomic E-state index is -3.10. The van der Waals surface area contributed by atoms with Gasteiger partial charge in [-0.2, -0.15) is 11.8 Å². The van der Waals surface area contributed by atoms with E-state index in [1.54, 1.807) is 15.6 Å². The van der Waals surface area contributed by atoms with Crippen molar-refractivity contribution in [3.05, 3.63) is 22.4 Å². The Kier molecular flexibility index (Phi) is 6.35. The molecule has 0 aliphatic carbocycles. The predicted octanol–water partition coefficient (Wildman–Crippen LogP) is 2.17. The SMILES string of the molecule is CCC(NCCS(=O)(=O)N1CCSCC1)c1cccs1. The fraction of sp³-hybridized carbons (Fsp3) is 0.692. The molecule has 4 nitrogen and oxygen atoms in total. The molecule has 1 aromatic rings. The summed E-state index contributed by atoms with van der Waals surface area (Å²) < 4.78 is 26.1. The quantitative estimate of drug-likeness (QED) is 0.830. The average molecular weight is 335 g/mol. The topological polar surface area (TPSA) is 49.4 Å². The number of thiophene rings is 1. The zero-order valence-electron chi connectivity index (χ0n) is 11.7. The zero-order valence-corrected chi connectivity index (χ0v) is 14.2. The fourth-order valence-corrected chi connectivity index (χ4v) is 5.64. The van der Waals surface area contributed by atoms with Crippen molar-refractivity contribution < 1.29 is 8.42 Å². The Morgan fingerprint density at radius 1 is 1.40 bits per heavy atom. The van der Waals surface area contributed by atoms with Gasteiger partial charge < -0.3 is 5.32 Å². The maximum absolute atomic E-state index is 12.2. The van der Waals surface area contributed by atoms with Crippen molar-refractivity contribution in [1.29, 1.82) is 0 Å². The number of rotatable bonds is 7. The van der Waals surface area contributed by atoms with E-state index in [2.05, 4.69) is 23.7 Å². The maximum atomic E-state index is 12.2. The number of sulfonamides is 1. The smallest absolute Gasteiger partial charge is 0.215 e. The maximum Gasteiger partial charge on any atom is 0.215 e. The summed E-state index contributed by atoms with van der Waals surface area (Å²) in [6.07, 6.45) is 0.973. The van der Waals surface area contributed by atoms with Crippen molar-refractivity contribution in [1.82, 2.24) is 9.62 Å². The number of thioether (sulfide) groups is 1. The molecular weight excluding hydrogens is 312 g/mol. The van der Waals surface area contributed by atoms with Gasteiger partial charge in [0.1, 0.15) is 0 Å². The Bertz CT molecular complexity index is 482. The molecule has 1 atom stereocenters. The second kappa shape index (κ2) is 7.79. The molecular formula is C13H22N2O2S3. The highest BCUT2D eigenvalue weighted by Gasteiger charge is 2.23. The van der Waals surface area contributed by atoms with E-state index < -0.39 is 10.0 Å². The van der Waals surface area contributed by atoms with Crippen molar-refractivity contribution >= 4 is 33.1 Å². The van der Waals surface area contributed by atoms with Gasteiger partial charge in [0, 0.05) is 42.1 Å². The van der Waals surface area contributed by atoms with Gasteiger partial charge >= 0.3 is 0 Å². The van der Waals surface area contributed by atoms with Crippen LogP contribution in [0, 0.1) is 0 Å². The van der Waals surface area contributed by atoms with Crippen LogP contribution >= 0.6 is 23.1 Å². The first-order chi connectivity index (χ1) is 9.63. The van der Waals surface area contributed by atoms with Crippen LogP contribution in [0.3, 0.4) is 0 Å². The van der Waals surface area contributed by atoms with E-state index in [4.69, 9.17) is 0 Å². The van der Waals surface area contributed by atoms with Crippen molar-refractivity contribution in [3.8, 4) is 0 Å². The van der Waals surface area contributed by atoms with Crippen molar-refractivity contribution in [2.45, 2.75) is 19.4 Å². The summed E-state index contributed by atoms with van der Waals surface area (Å²) >= 11 is 3.54. The van der Waals surface area contributed by atoms with Gasteiger partial charge in [-0.25, -0.2) is 12.7 Å². The molecule has 0 spiro atoms. The van der Waals surface area contributed by atoms with Crippen LogP contribution in [0.2, 0.25) is 0 Å². The van der Waals surface area contributed by atoms with Gasteiger partial charge in [-0.05, 0) is 17.9 Å². The summed E-state index contributed by atoms with van der Waals surface area (Å²) in [6.45, 7) is 3.96. The standard InChI is InChI=1S/C13H22N2O2S3/c1-2-12(13-4-3-8-19-13)14-5-11-20(16,17)15-6-9-18-10-7-15/h3-4,8,12,14H,2,5-7,9-11H2,1H3. The normalized spacial score (nSPS) is 19.1. The Balaban J connectivity index is 1.82. The largest absolute Gasteiger partial charge is 0.308 e. The van der Waals surface area contributed by atoms with Gasteiger partial charge in [0.15, 0.2) is 0 Å². The van der Waals surface area contributed by atoms with Crippen molar-refractivity contribution in [2.24, 2.45) is 0 Å². The van der Waals surface area contributed by atoms with Gasteiger partial charge in [-0.15, -0.1) is 11.3 Å². The molecule has 0 aromatic carbocycles. The first kappa shape index (κ1) is 16.3. The lowest BCUT2D eigenvalue weighted by Crippen LogP contribution is -2.41. The lowest BCUT2D eigenvalue weighted by Gasteiger charge is -2.26. The van der Waals surface area contributed by atoms with Crippen LogP contribution in [0.5, 0.6) is 0 Å². The Labute approximate surface area is 130 Å². The number of nitrogens with zero attached hydrogens (tertiary/aromatic N) is 1. The molecule has 7 heteroatoms. The van der Waals surface area contributed by atoms with E-state index in [1.807, 2.05) is 17.8 Å². The average Bonchev–Trinajstić information content (AvgIpc) is 2.98. The van der Waals surface area contributed by atoms with Gasteiger partial charge in [-0.1, -0.05) is 13.0 Å². The van der Waals surface area contributed by atoms with Crippen LogP contribution < -0.4 is 5.32 Å². The molecule has 1 aromatic heterocycles. The summed E-state index contributed by atoms with van der Waals surface area (Å²) in [4.78, 5) is 1.28. The van der Waals surface area contributed by atoms with Crippen LogP contribution in [-0.4, -0.2) is 49.6 Å². The highest BCUT2D eigenvalue weighted by atomic mass is 32.2. The highest BCUT2D eigenvalue weighted by molar-refractivity contribution is 7.99. The lowest BCUT2D eigenvalue weighted by molar-refractivity contribution is 0.440. The van der Waals surface area contributed by atoms with Crippen LogP contribution in [-0.2, 0) is 10.0 Å². The Morgan fingerprint density at radius 3 is 2.75 bits per heavy atom. The second-order valence-corrected chi connectivity index (χ2v) is 9.05. The second-order valence-electron chi connectivity index (χ2n) is 4.76. The van der Waals surface area contributed by atoms with Gasteiger partial charge in [0.25, 0.3) is 0 Å². The van der Waals surface area contributed by atoms with E-state index >= 15 is 0 Å². The summed E-state index contributed by atoms with van der Waals surface area (Å²) in [5.74, 6) is 2.03. The predicted molar refractivity (Wildman–Crippen MR) is 88.0 cm³/mol. The van der Waals surface area contributed by atoms with Crippen LogP contribution in [0.4, 0.5) is 0 Å². The third kappa shape index (κ3) is 4.46. The molecule has 1 aliphatic rings. The molecule has 20 heavy (non-hydrogen) atoms. The van der Waals surface area contributed by atoms with E-state index in [0.717, 1.165) is 17.9 Å². The van der Waals surface area contributed by atoms with E-state index in [1.165, 1.54) is 4.88 Å². The summed E-state index contributed by atoms with van der Waals surface area (Å²) in [7, 11) is -3.10. The molecule has 1 aliphatic heterocycles. The van der Waals surface area contributed by atoms with Crippen LogP contribution in [0.1, 0.15) is 24.3 Å². The molecule has 0 saturated carbocycles. The number of hydrogen-bond donors (Lipinski definition) is 1. The Morgan fingerprint density at radius 2 is 2.15 bits per heavy atom. The molecule has 1 saturated heterocycles. The third-order valence-corrected chi connectivity index (χ3v) is 7.21. The van der Waals surface area contributed by atoms with E-state index in [0.29, 0.717) is 19.6 Å². The van der Waals surface area contributed by atoms with Crippen LogP contribution in [0.25, 0.3) is 0 Å². The van der Waals surface area contributed by atoms with Crippen LogP contribution in [0.15, 0.2) is 17.5 Å². The van der Waals surface area contributed by atoms with E-state index in [-0.39, 0.29) is 11.8 Å². The minimum absolute atomic E-state index is 0.194. The molecule has 2 rings (SSSR count). The first-order valence-electron chi connectivity index (χ1n) is 6.96. The van der Waals surface area contributed by atoms with Gasteiger partial charge in [0.05, 0.1) is 5.75 Å². The van der Waals surface area contributed by atoms with E-state index in [9.17, 15) is 8.42 Å².